The maximum absolute atomic E-state index is 14.4. The number of carbonyl (C=O) groups is 3. The first-order valence-electron chi connectivity index (χ1n) is 14.4. The highest BCUT2D eigenvalue weighted by molar-refractivity contribution is 8.02. The highest BCUT2D eigenvalue weighted by Gasteiger charge is 2.76. The van der Waals surface area contributed by atoms with Crippen molar-refractivity contribution in [3.63, 3.8) is 0 Å². The number of hydrogen-bond donors (Lipinski definition) is 3. The Bertz CT molecular complexity index is 1090. The maximum atomic E-state index is 14.4. The van der Waals surface area contributed by atoms with Crippen molar-refractivity contribution in [1.29, 1.82) is 0 Å². The predicted molar refractivity (Wildman–Crippen MR) is 157 cm³/mol. The largest absolute Gasteiger partial charge is 0.394 e. The minimum Gasteiger partial charge on any atom is -0.394 e. The summed E-state index contributed by atoms with van der Waals surface area (Å²) in [5, 5.41) is 16.8. The Labute approximate surface area is 238 Å². The fraction of sp³-hybridized carbons (Fsp3) is 0.710. The third-order valence-corrected chi connectivity index (χ3v) is 10.6. The highest BCUT2D eigenvalue weighted by Crippen LogP contribution is 2.69. The molecule has 216 valence electrons. The molecule has 8 heteroatoms. The summed E-state index contributed by atoms with van der Waals surface area (Å²) in [5.74, 6) is -1.34. The van der Waals surface area contributed by atoms with Gasteiger partial charge in [-0.1, -0.05) is 59.7 Å². The number of aliphatic hydroxyl groups excluding tert-OH is 1. The Morgan fingerprint density at radius 3 is 2.33 bits per heavy atom. The lowest BCUT2D eigenvalue weighted by Gasteiger charge is -2.42. The van der Waals surface area contributed by atoms with Crippen LogP contribution in [-0.2, 0) is 14.4 Å². The van der Waals surface area contributed by atoms with Crippen molar-refractivity contribution in [2.75, 3.05) is 11.9 Å². The molecule has 3 aliphatic heterocycles. The van der Waals surface area contributed by atoms with Crippen LogP contribution in [0.2, 0.25) is 0 Å². The second-order valence-electron chi connectivity index (χ2n) is 14.2. The molecular weight excluding hydrogens is 510 g/mol. The van der Waals surface area contributed by atoms with Crippen molar-refractivity contribution in [3.8, 4) is 0 Å². The number of rotatable bonds is 9. The van der Waals surface area contributed by atoms with Gasteiger partial charge >= 0.3 is 0 Å². The average Bonchev–Trinajstić information content (AvgIpc) is 3.39. The van der Waals surface area contributed by atoms with E-state index in [0.29, 0.717) is 12.1 Å². The van der Waals surface area contributed by atoms with Crippen molar-refractivity contribution < 1.29 is 19.5 Å². The number of nitrogens with zero attached hydrogens (tertiary/aromatic N) is 1. The lowest BCUT2D eigenvalue weighted by atomic mass is 9.65. The summed E-state index contributed by atoms with van der Waals surface area (Å²) in [5.41, 5.74) is 0.216. The number of likely N-dealkylation sites (tertiary alicyclic amines) is 1. The van der Waals surface area contributed by atoms with Gasteiger partial charge in [-0.3, -0.25) is 14.4 Å². The first-order valence-corrected chi connectivity index (χ1v) is 15.3. The van der Waals surface area contributed by atoms with Crippen LogP contribution in [0.15, 0.2) is 30.3 Å². The zero-order valence-electron chi connectivity index (χ0n) is 24.8. The number of para-hydroxylation sites is 1. The van der Waals surface area contributed by atoms with E-state index in [2.05, 4.69) is 52.2 Å². The standard InChI is InChI=1S/C31H47N3O4S/c1-18(2)14-21(16-35)34-25(27(37)33-30(7,8)17-29(4,5)6)31-19(3)15-22(39-31)23(24(31)28(34)38)26(36)32-20-12-10-9-11-13-20/h9-13,18-19,21-25,35H,14-17H2,1-8H3,(H,32,36)(H,33,37)/t19?,21-,22-,23+,24+,25?,31?/m1/s1. The minimum atomic E-state index is -0.746. The van der Waals surface area contributed by atoms with E-state index in [9.17, 15) is 19.5 Å². The SMILES string of the molecule is CC(C)C[C@H](CO)N1C(=O)[C@@H]2[C@@H](C(=O)Nc3ccccc3)[C@H]3CC(C)C2(S3)C1C(=O)NC(C)(C)CC(C)(C)C. The monoisotopic (exact) mass is 557 g/mol. The number of amides is 3. The van der Waals surface area contributed by atoms with E-state index in [0.717, 1.165) is 12.8 Å². The van der Waals surface area contributed by atoms with Crippen LogP contribution < -0.4 is 10.6 Å². The molecule has 1 aromatic carbocycles. The van der Waals surface area contributed by atoms with Crippen LogP contribution in [0.1, 0.15) is 74.7 Å². The van der Waals surface area contributed by atoms with Gasteiger partial charge in [0.05, 0.1) is 29.2 Å². The third-order valence-electron chi connectivity index (χ3n) is 8.56. The molecule has 3 fully saturated rings. The van der Waals surface area contributed by atoms with E-state index < -0.39 is 34.2 Å². The summed E-state index contributed by atoms with van der Waals surface area (Å²) in [4.78, 5) is 44.2. The molecule has 7 atom stereocenters. The van der Waals surface area contributed by atoms with Crippen molar-refractivity contribution in [2.45, 2.75) is 102 Å². The van der Waals surface area contributed by atoms with E-state index in [1.54, 1.807) is 16.7 Å². The van der Waals surface area contributed by atoms with Gasteiger partial charge in [0.2, 0.25) is 17.7 Å². The molecule has 3 amide bonds. The molecule has 3 saturated heterocycles. The molecule has 3 N–H and O–H groups in total. The topological polar surface area (TPSA) is 98.7 Å². The molecule has 3 heterocycles. The molecule has 0 aromatic heterocycles. The maximum Gasteiger partial charge on any atom is 0.244 e. The summed E-state index contributed by atoms with van der Waals surface area (Å²) in [6.45, 7) is 16.5. The van der Waals surface area contributed by atoms with Crippen LogP contribution in [0, 0.1) is 29.1 Å². The van der Waals surface area contributed by atoms with Gasteiger partial charge in [-0.25, -0.2) is 0 Å². The molecule has 7 nitrogen and oxygen atoms in total. The van der Waals surface area contributed by atoms with E-state index in [1.807, 2.05) is 44.2 Å². The fourth-order valence-corrected chi connectivity index (χ4v) is 10.2. The van der Waals surface area contributed by atoms with Crippen LogP contribution >= 0.6 is 11.8 Å². The van der Waals surface area contributed by atoms with Gasteiger partial charge in [-0.15, -0.1) is 11.8 Å². The summed E-state index contributed by atoms with van der Waals surface area (Å²) in [6.07, 6.45) is 2.13. The molecule has 0 saturated carbocycles. The summed E-state index contributed by atoms with van der Waals surface area (Å²) in [7, 11) is 0. The Kier molecular flexibility index (Phi) is 8.23. The summed E-state index contributed by atoms with van der Waals surface area (Å²) >= 11 is 1.67. The molecule has 4 rings (SSSR count). The molecule has 2 bridgehead atoms. The van der Waals surface area contributed by atoms with Gasteiger partial charge in [0, 0.05) is 16.5 Å². The van der Waals surface area contributed by atoms with E-state index in [4.69, 9.17) is 0 Å². The lowest BCUT2D eigenvalue weighted by molar-refractivity contribution is -0.143. The number of fused-ring (bicyclic) bond motifs is 1. The van der Waals surface area contributed by atoms with Crippen molar-refractivity contribution in [2.24, 2.45) is 29.1 Å². The number of thioether (sulfide) groups is 1. The Morgan fingerprint density at radius 2 is 1.77 bits per heavy atom. The van der Waals surface area contributed by atoms with Gasteiger partial charge in [-0.05, 0) is 62.5 Å². The van der Waals surface area contributed by atoms with Crippen LogP contribution in [-0.4, -0.2) is 62.0 Å². The zero-order chi connectivity index (χ0) is 28.9. The number of carbonyl (C=O) groups excluding carboxylic acids is 3. The molecule has 3 aliphatic rings. The van der Waals surface area contributed by atoms with Crippen LogP contribution in [0.4, 0.5) is 5.69 Å². The van der Waals surface area contributed by atoms with Gasteiger partial charge in [-0.2, -0.15) is 0 Å². The van der Waals surface area contributed by atoms with Crippen LogP contribution in [0.3, 0.4) is 0 Å². The number of aliphatic hydroxyl groups is 1. The van der Waals surface area contributed by atoms with E-state index in [-0.39, 0.29) is 46.8 Å². The van der Waals surface area contributed by atoms with Crippen molar-refractivity contribution in [1.82, 2.24) is 10.2 Å². The van der Waals surface area contributed by atoms with Crippen molar-refractivity contribution in [3.05, 3.63) is 30.3 Å². The smallest absolute Gasteiger partial charge is 0.244 e. The molecule has 39 heavy (non-hydrogen) atoms. The zero-order valence-corrected chi connectivity index (χ0v) is 25.6. The van der Waals surface area contributed by atoms with Crippen LogP contribution in [0.5, 0.6) is 0 Å². The van der Waals surface area contributed by atoms with E-state index >= 15 is 0 Å². The van der Waals surface area contributed by atoms with Gasteiger partial charge in [0.25, 0.3) is 0 Å². The second kappa shape index (κ2) is 10.7. The summed E-state index contributed by atoms with van der Waals surface area (Å²) in [6, 6.07) is 8.10. The predicted octanol–water partition coefficient (Wildman–Crippen LogP) is 4.70. The molecule has 3 unspecified atom stereocenters. The molecule has 0 aliphatic carbocycles. The van der Waals surface area contributed by atoms with Gasteiger partial charge in [0.1, 0.15) is 6.04 Å². The van der Waals surface area contributed by atoms with Crippen LogP contribution in [0.25, 0.3) is 0 Å². The number of benzene rings is 1. The molecular formula is C31H47N3O4S. The third kappa shape index (κ3) is 5.61. The highest BCUT2D eigenvalue weighted by atomic mass is 32.2. The molecule has 1 spiro atoms. The molecule has 1 aromatic rings. The Hall–Kier alpha value is -2.06. The number of hydrogen-bond acceptors (Lipinski definition) is 5. The fourth-order valence-electron chi connectivity index (χ4n) is 7.79. The Morgan fingerprint density at radius 1 is 1.13 bits per heavy atom. The Balaban J connectivity index is 1.74. The van der Waals surface area contributed by atoms with Gasteiger partial charge in [0.15, 0.2) is 0 Å². The van der Waals surface area contributed by atoms with Gasteiger partial charge < -0.3 is 20.6 Å². The lowest BCUT2D eigenvalue weighted by Crippen LogP contribution is -2.61. The molecule has 0 radical (unpaired) electrons. The summed E-state index contributed by atoms with van der Waals surface area (Å²) < 4.78 is -0.716. The first kappa shape index (κ1) is 29.9. The number of nitrogens with one attached hydrogen (secondary N) is 2. The quantitative estimate of drug-likeness (QED) is 0.409. The van der Waals surface area contributed by atoms with E-state index in [1.165, 1.54) is 0 Å². The van der Waals surface area contributed by atoms with Crippen molar-refractivity contribution >= 4 is 35.2 Å². The average molecular weight is 558 g/mol. The minimum absolute atomic E-state index is 0.00252. The second-order valence-corrected chi connectivity index (χ2v) is 15.8. The number of anilines is 1. The first-order chi connectivity index (χ1) is 18.1. The normalized spacial score (nSPS) is 31.0.